The van der Waals surface area contributed by atoms with Crippen LogP contribution in [0.15, 0.2) is 40.6 Å². The van der Waals surface area contributed by atoms with Gasteiger partial charge in [-0.3, -0.25) is 0 Å². The van der Waals surface area contributed by atoms with E-state index in [0.29, 0.717) is 6.42 Å². The van der Waals surface area contributed by atoms with Gasteiger partial charge in [-0.05, 0) is 36.1 Å². The third kappa shape index (κ3) is 3.23. The van der Waals surface area contributed by atoms with Crippen molar-refractivity contribution in [3.05, 3.63) is 52.0 Å². The molecule has 106 valence electrons. The molecule has 2 aromatic rings. The van der Waals surface area contributed by atoms with E-state index in [9.17, 15) is 17.6 Å². The van der Waals surface area contributed by atoms with E-state index in [1.165, 1.54) is 11.3 Å². The molecule has 0 atom stereocenters. The smallest absolute Gasteiger partial charge is 0.338 e. The molecule has 0 spiro atoms. The number of hydrogen-bond donors (Lipinski definition) is 1. The van der Waals surface area contributed by atoms with Gasteiger partial charge >= 0.3 is 5.97 Å². The van der Waals surface area contributed by atoms with Gasteiger partial charge in [-0.15, -0.1) is 11.3 Å². The van der Waals surface area contributed by atoms with Crippen LogP contribution in [0.4, 0.5) is 4.39 Å². The van der Waals surface area contributed by atoms with Crippen molar-refractivity contribution in [1.29, 1.82) is 0 Å². The average molecular weight is 314 g/mol. The van der Waals surface area contributed by atoms with Crippen molar-refractivity contribution in [2.24, 2.45) is 0 Å². The fourth-order valence-corrected chi connectivity index (χ4v) is 3.80. The zero-order valence-electron chi connectivity index (χ0n) is 10.2. The quantitative estimate of drug-likeness (QED) is 0.861. The lowest BCUT2D eigenvalue weighted by atomic mass is 10.2. The molecule has 0 saturated heterocycles. The molecule has 0 aliphatic rings. The highest BCUT2D eigenvalue weighted by molar-refractivity contribution is 7.91. The number of benzene rings is 1. The molecule has 0 fully saturated rings. The lowest BCUT2D eigenvalue weighted by Crippen LogP contribution is -2.11. The Morgan fingerprint density at radius 1 is 1.30 bits per heavy atom. The molecule has 0 aliphatic carbocycles. The van der Waals surface area contributed by atoms with E-state index in [1.54, 1.807) is 0 Å². The van der Waals surface area contributed by atoms with Crippen molar-refractivity contribution in [3.63, 3.8) is 0 Å². The molecule has 2 rings (SSSR count). The molecule has 0 amide bonds. The molecule has 4 nitrogen and oxygen atoms in total. The summed E-state index contributed by atoms with van der Waals surface area (Å²) >= 11 is 1.45. The number of carboxylic acid groups (broad SMARTS) is 1. The van der Waals surface area contributed by atoms with Crippen molar-refractivity contribution in [1.82, 2.24) is 0 Å². The van der Waals surface area contributed by atoms with Gasteiger partial charge in [0.15, 0.2) is 9.84 Å². The van der Waals surface area contributed by atoms with Gasteiger partial charge < -0.3 is 5.11 Å². The molecule has 1 N–H and O–H groups in total. The SMILES string of the molecule is O=C(O)c1cc(S(=O)(=O)CCc2cccs2)ccc1F. The number of hydrogen-bond acceptors (Lipinski definition) is 4. The largest absolute Gasteiger partial charge is 0.478 e. The number of rotatable bonds is 5. The van der Waals surface area contributed by atoms with Gasteiger partial charge in [0.25, 0.3) is 0 Å². The fraction of sp³-hybridized carbons (Fsp3) is 0.154. The molecule has 0 unspecified atom stereocenters. The topological polar surface area (TPSA) is 71.4 Å². The normalized spacial score (nSPS) is 11.4. The van der Waals surface area contributed by atoms with Gasteiger partial charge in [0.05, 0.1) is 16.2 Å². The van der Waals surface area contributed by atoms with Gasteiger partial charge in [0.2, 0.25) is 0 Å². The monoisotopic (exact) mass is 314 g/mol. The second-order valence-corrected chi connectivity index (χ2v) is 7.24. The van der Waals surface area contributed by atoms with E-state index in [1.807, 2.05) is 17.5 Å². The summed E-state index contributed by atoms with van der Waals surface area (Å²) in [5, 5.41) is 10.7. The number of thiophene rings is 1. The molecule has 7 heteroatoms. The predicted molar refractivity (Wildman–Crippen MR) is 73.4 cm³/mol. The van der Waals surface area contributed by atoms with Crippen LogP contribution in [-0.4, -0.2) is 25.2 Å². The van der Waals surface area contributed by atoms with E-state index in [2.05, 4.69) is 0 Å². The number of halogens is 1. The Labute approximate surface area is 119 Å². The van der Waals surface area contributed by atoms with E-state index < -0.39 is 27.2 Å². The highest BCUT2D eigenvalue weighted by Gasteiger charge is 2.19. The number of carbonyl (C=O) groups is 1. The molecular weight excluding hydrogens is 303 g/mol. The third-order valence-electron chi connectivity index (χ3n) is 2.72. The molecule has 0 radical (unpaired) electrons. The van der Waals surface area contributed by atoms with Gasteiger partial charge in [-0.1, -0.05) is 6.07 Å². The zero-order valence-corrected chi connectivity index (χ0v) is 11.9. The maximum absolute atomic E-state index is 13.2. The van der Waals surface area contributed by atoms with Gasteiger partial charge in [-0.2, -0.15) is 0 Å². The molecule has 1 aromatic heterocycles. The lowest BCUT2D eigenvalue weighted by molar-refractivity contribution is 0.0691. The second-order valence-electron chi connectivity index (χ2n) is 4.10. The molecule has 1 heterocycles. The summed E-state index contributed by atoms with van der Waals surface area (Å²) in [6.45, 7) is 0. The van der Waals surface area contributed by atoms with Crippen LogP contribution in [0.25, 0.3) is 0 Å². The van der Waals surface area contributed by atoms with Gasteiger partial charge in [-0.25, -0.2) is 17.6 Å². The standard InChI is InChI=1S/C13H11FO4S2/c14-12-4-3-10(8-11(12)13(15)16)20(17,18)7-5-9-2-1-6-19-9/h1-4,6,8H,5,7H2,(H,15,16). The van der Waals surface area contributed by atoms with E-state index in [0.717, 1.165) is 23.1 Å². The summed E-state index contributed by atoms with van der Waals surface area (Å²) in [5.41, 5.74) is -0.637. The van der Waals surface area contributed by atoms with Crippen molar-refractivity contribution < 1.29 is 22.7 Å². The summed E-state index contributed by atoms with van der Waals surface area (Å²) < 4.78 is 37.4. The average Bonchev–Trinajstić information content (AvgIpc) is 2.89. The summed E-state index contributed by atoms with van der Waals surface area (Å²) in [4.78, 5) is 11.6. The van der Waals surface area contributed by atoms with Crippen LogP contribution >= 0.6 is 11.3 Å². The highest BCUT2D eigenvalue weighted by atomic mass is 32.2. The minimum absolute atomic E-state index is 0.141. The van der Waals surface area contributed by atoms with E-state index in [4.69, 9.17) is 5.11 Å². The van der Waals surface area contributed by atoms with Crippen molar-refractivity contribution in [2.75, 3.05) is 5.75 Å². The van der Waals surface area contributed by atoms with Crippen LogP contribution in [0, 0.1) is 5.82 Å². The van der Waals surface area contributed by atoms with E-state index >= 15 is 0 Å². The Hall–Kier alpha value is -1.73. The molecule has 0 saturated carbocycles. The molecule has 0 aliphatic heterocycles. The summed E-state index contributed by atoms with van der Waals surface area (Å²) in [7, 11) is -3.63. The Kier molecular flexibility index (Phi) is 4.20. The summed E-state index contributed by atoms with van der Waals surface area (Å²) in [6.07, 6.45) is 0.347. The minimum atomic E-state index is -3.63. The molecule has 1 aromatic carbocycles. The van der Waals surface area contributed by atoms with Crippen LogP contribution < -0.4 is 0 Å². The third-order valence-corrected chi connectivity index (χ3v) is 5.37. The van der Waals surface area contributed by atoms with Gasteiger partial charge in [0.1, 0.15) is 5.82 Å². The maximum atomic E-state index is 13.2. The highest BCUT2D eigenvalue weighted by Crippen LogP contribution is 2.18. The Balaban J connectivity index is 2.25. The molecule has 20 heavy (non-hydrogen) atoms. The first-order valence-electron chi connectivity index (χ1n) is 5.68. The number of aromatic carboxylic acids is 1. The van der Waals surface area contributed by atoms with E-state index in [-0.39, 0.29) is 10.6 Å². The zero-order chi connectivity index (χ0) is 14.8. The Morgan fingerprint density at radius 3 is 2.65 bits per heavy atom. The minimum Gasteiger partial charge on any atom is -0.478 e. The Bertz CT molecular complexity index is 721. The van der Waals surface area contributed by atoms with Gasteiger partial charge in [0, 0.05) is 4.88 Å². The van der Waals surface area contributed by atoms with Crippen LogP contribution in [-0.2, 0) is 16.3 Å². The molecular formula is C13H11FO4S2. The van der Waals surface area contributed by atoms with Crippen molar-refractivity contribution in [2.45, 2.75) is 11.3 Å². The maximum Gasteiger partial charge on any atom is 0.338 e. The summed E-state index contributed by atoms with van der Waals surface area (Å²) in [6, 6.07) is 6.47. The van der Waals surface area contributed by atoms with Crippen LogP contribution in [0.2, 0.25) is 0 Å². The second kappa shape index (κ2) is 5.72. The van der Waals surface area contributed by atoms with Crippen LogP contribution in [0.5, 0.6) is 0 Å². The first-order chi connectivity index (χ1) is 9.40. The number of carboxylic acids is 1. The van der Waals surface area contributed by atoms with Crippen LogP contribution in [0.1, 0.15) is 15.2 Å². The predicted octanol–water partition coefficient (Wildman–Crippen LogP) is 2.60. The first kappa shape index (κ1) is 14.7. The molecule has 0 bridgehead atoms. The Morgan fingerprint density at radius 2 is 2.05 bits per heavy atom. The first-order valence-corrected chi connectivity index (χ1v) is 8.21. The van der Waals surface area contributed by atoms with Crippen molar-refractivity contribution in [3.8, 4) is 0 Å². The van der Waals surface area contributed by atoms with Crippen molar-refractivity contribution >= 4 is 27.1 Å². The number of aryl methyl sites for hydroxylation is 1. The summed E-state index contributed by atoms with van der Waals surface area (Å²) in [5.74, 6) is -2.58. The van der Waals surface area contributed by atoms with Crippen LogP contribution in [0.3, 0.4) is 0 Å². The fourth-order valence-electron chi connectivity index (χ4n) is 1.67. The number of sulfone groups is 1. The lowest BCUT2D eigenvalue weighted by Gasteiger charge is -2.05.